The van der Waals surface area contributed by atoms with E-state index in [0.29, 0.717) is 32.5 Å². The Balaban J connectivity index is 1.43. The van der Waals surface area contributed by atoms with Crippen LogP contribution in [0.5, 0.6) is 0 Å². The maximum absolute atomic E-state index is 13.6. The number of nitrogens with zero attached hydrogens (tertiary/aromatic N) is 2. The summed E-state index contributed by atoms with van der Waals surface area (Å²) in [6, 6.07) is 16.1. The number of thiophene rings is 1. The zero-order chi connectivity index (χ0) is 23.7. The van der Waals surface area contributed by atoms with Gasteiger partial charge in [-0.05, 0) is 60.0 Å². The van der Waals surface area contributed by atoms with Gasteiger partial charge in [0.25, 0.3) is 11.5 Å². The molecule has 0 spiro atoms. The van der Waals surface area contributed by atoms with E-state index in [9.17, 15) is 14.4 Å². The Hall–Kier alpha value is -3.43. The molecule has 5 rings (SSSR count). The van der Waals surface area contributed by atoms with Gasteiger partial charge >= 0.3 is 0 Å². The normalized spacial score (nSPS) is 13.1. The van der Waals surface area contributed by atoms with Crippen LogP contribution in [-0.2, 0) is 4.79 Å². The van der Waals surface area contributed by atoms with Gasteiger partial charge in [-0.15, -0.1) is 11.3 Å². The fraction of sp³-hybridized carbons (Fsp3) is 0.200. The van der Waals surface area contributed by atoms with Crippen LogP contribution in [0.3, 0.4) is 0 Å². The van der Waals surface area contributed by atoms with Crippen LogP contribution in [0, 0.1) is 0 Å². The van der Waals surface area contributed by atoms with Crippen molar-refractivity contribution in [1.82, 2.24) is 14.9 Å². The molecule has 172 valence electrons. The largest absolute Gasteiger partial charge is 0.355 e. The number of aromatic nitrogens is 2. The zero-order valence-electron chi connectivity index (χ0n) is 18.4. The first-order valence-electron chi connectivity index (χ1n) is 10.9. The number of hydrogen-bond acceptors (Lipinski definition) is 6. The molecule has 2 aromatic carbocycles. The van der Waals surface area contributed by atoms with Gasteiger partial charge in [0.1, 0.15) is 4.83 Å². The molecule has 34 heavy (non-hydrogen) atoms. The SMILES string of the molecule is CNC(=O)c1cccc(NC(=O)CSc2nc3scc(C4CC4)c3c(=O)n2-c2ccccc2)c1. The lowest BCUT2D eigenvalue weighted by Gasteiger charge is -2.13. The van der Waals surface area contributed by atoms with E-state index >= 15 is 0 Å². The lowest BCUT2D eigenvalue weighted by atomic mass is 10.1. The Morgan fingerprint density at radius 1 is 1.15 bits per heavy atom. The van der Waals surface area contributed by atoms with Crippen LogP contribution >= 0.6 is 23.1 Å². The molecule has 1 aliphatic rings. The van der Waals surface area contributed by atoms with E-state index in [1.807, 2.05) is 35.7 Å². The van der Waals surface area contributed by atoms with Crippen LogP contribution < -0.4 is 16.2 Å². The highest BCUT2D eigenvalue weighted by Gasteiger charge is 2.29. The van der Waals surface area contributed by atoms with E-state index < -0.39 is 0 Å². The molecule has 0 unspecified atom stereocenters. The fourth-order valence-electron chi connectivity index (χ4n) is 3.80. The summed E-state index contributed by atoms with van der Waals surface area (Å²) in [6.07, 6.45) is 2.21. The highest BCUT2D eigenvalue weighted by molar-refractivity contribution is 7.99. The van der Waals surface area contributed by atoms with Gasteiger partial charge < -0.3 is 10.6 Å². The molecule has 2 aromatic heterocycles. The summed E-state index contributed by atoms with van der Waals surface area (Å²) < 4.78 is 1.60. The molecule has 0 atom stereocenters. The van der Waals surface area contributed by atoms with Crippen molar-refractivity contribution in [3.63, 3.8) is 0 Å². The number of carbonyl (C=O) groups excluding carboxylic acids is 2. The molecule has 9 heteroatoms. The Morgan fingerprint density at radius 3 is 2.68 bits per heavy atom. The number of hydrogen-bond donors (Lipinski definition) is 2. The maximum atomic E-state index is 13.6. The van der Waals surface area contributed by atoms with Crippen molar-refractivity contribution < 1.29 is 9.59 Å². The van der Waals surface area contributed by atoms with Crippen LogP contribution in [-0.4, -0.2) is 34.2 Å². The van der Waals surface area contributed by atoms with E-state index in [-0.39, 0.29) is 23.1 Å². The van der Waals surface area contributed by atoms with Crippen molar-refractivity contribution in [3.8, 4) is 5.69 Å². The Labute approximate surface area is 204 Å². The topological polar surface area (TPSA) is 93.1 Å². The lowest BCUT2D eigenvalue weighted by Crippen LogP contribution is -2.23. The molecule has 1 saturated carbocycles. The number of anilines is 1. The lowest BCUT2D eigenvalue weighted by molar-refractivity contribution is -0.113. The van der Waals surface area contributed by atoms with Crippen molar-refractivity contribution in [2.24, 2.45) is 0 Å². The third-order valence-corrected chi connectivity index (χ3v) is 7.43. The van der Waals surface area contributed by atoms with Crippen LogP contribution in [0.15, 0.2) is 69.9 Å². The molecule has 0 aliphatic heterocycles. The summed E-state index contributed by atoms with van der Waals surface area (Å²) in [5, 5.41) is 8.60. The van der Waals surface area contributed by atoms with Gasteiger partial charge in [0.2, 0.25) is 5.91 Å². The number of rotatable bonds is 7. The van der Waals surface area contributed by atoms with E-state index in [1.165, 1.54) is 23.1 Å². The zero-order valence-corrected chi connectivity index (χ0v) is 20.0. The number of benzene rings is 2. The molecule has 1 aliphatic carbocycles. The van der Waals surface area contributed by atoms with Crippen LogP contribution in [0.2, 0.25) is 0 Å². The van der Waals surface area contributed by atoms with Gasteiger partial charge in [0.15, 0.2) is 5.16 Å². The van der Waals surface area contributed by atoms with Gasteiger partial charge in [-0.3, -0.25) is 19.0 Å². The second kappa shape index (κ2) is 9.44. The minimum atomic E-state index is -0.252. The first-order chi connectivity index (χ1) is 16.5. The number of carbonyl (C=O) groups is 2. The minimum Gasteiger partial charge on any atom is -0.355 e. The van der Waals surface area contributed by atoms with Gasteiger partial charge in [0, 0.05) is 18.3 Å². The predicted molar refractivity (Wildman–Crippen MR) is 136 cm³/mol. The molecule has 2 heterocycles. The number of para-hydroxylation sites is 1. The summed E-state index contributed by atoms with van der Waals surface area (Å²) in [7, 11) is 1.56. The smallest absolute Gasteiger partial charge is 0.267 e. The molecule has 2 amide bonds. The van der Waals surface area contributed by atoms with Crippen LogP contribution in [0.1, 0.15) is 34.7 Å². The third-order valence-electron chi connectivity index (χ3n) is 5.61. The second-order valence-electron chi connectivity index (χ2n) is 8.01. The van der Waals surface area contributed by atoms with E-state index in [1.54, 1.807) is 35.9 Å². The predicted octanol–water partition coefficient (Wildman–Crippen LogP) is 4.42. The minimum absolute atomic E-state index is 0.0653. The maximum Gasteiger partial charge on any atom is 0.267 e. The van der Waals surface area contributed by atoms with E-state index in [0.717, 1.165) is 24.1 Å². The molecule has 0 saturated heterocycles. The average molecular weight is 491 g/mol. The van der Waals surface area contributed by atoms with Crippen molar-refractivity contribution in [3.05, 3.63) is 81.5 Å². The summed E-state index contributed by atoms with van der Waals surface area (Å²) in [5.41, 5.74) is 2.70. The van der Waals surface area contributed by atoms with Crippen molar-refractivity contribution in [1.29, 1.82) is 0 Å². The first kappa shape index (κ1) is 22.4. The van der Waals surface area contributed by atoms with Crippen LogP contribution in [0.25, 0.3) is 15.9 Å². The summed E-state index contributed by atoms with van der Waals surface area (Å²) in [4.78, 5) is 43.6. The monoisotopic (exact) mass is 490 g/mol. The second-order valence-corrected chi connectivity index (χ2v) is 9.81. The first-order valence-corrected chi connectivity index (χ1v) is 12.8. The molecular weight excluding hydrogens is 468 g/mol. The Bertz CT molecular complexity index is 1440. The molecule has 2 N–H and O–H groups in total. The summed E-state index contributed by atoms with van der Waals surface area (Å²) in [6.45, 7) is 0. The van der Waals surface area contributed by atoms with Crippen molar-refractivity contribution in [2.75, 3.05) is 18.1 Å². The van der Waals surface area contributed by atoms with Gasteiger partial charge in [-0.1, -0.05) is 36.0 Å². The number of amides is 2. The highest BCUT2D eigenvalue weighted by atomic mass is 32.2. The standard InChI is InChI=1S/C25H22N4O3S2/c1-26-22(31)16-6-5-7-17(12-16)27-20(30)14-34-25-28-23-21(19(13-33-23)15-10-11-15)24(32)29(25)18-8-3-2-4-9-18/h2-9,12-13,15H,10-11,14H2,1H3,(H,26,31)(H,27,30). The summed E-state index contributed by atoms with van der Waals surface area (Å²) >= 11 is 2.70. The molecule has 1 fully saturated rings. The Morgan fingerprint density at radius 2 is 1.94 bits per heavy atom. The number of thioether (sulfide) groups is 1. The number of nitrogens with one attached hydrogen (secondary N) is 2. The van der Waals surface area contributed by atoms with Gasteiger partial charge in [-0.2, -0.15) is 0 Å². The van der Waals surface area contributed by atoms with Crippen molar-refractivity contribution >= 4 is 50.8 Å². The van der Waals surface area contributed by atoms with Crippen molar-refractivity contribution in [2.45, 2.75) is 23.9 Å². The van der Waals surface area contributed by atoms with E-state index in [2.05, 4.69) is 10.6 Å². The quantitative estimate of drug-likeness (QED) is 0.296. The van der Waals surface area contributed by atoms with Gasteiger partial charge in [0.05, 0.1) is 16.8 Å². The van der Waals surface area contributed by atoms with E-state index in [4.69, 9.17) is 4.98 Å². The Kier molecular flexibility index (Phi) is 6.21. The molecule has 7 nitrogen and oxygen atoms in total. The fourth-order valence-corrected chi connectivity index (χ4v) is 5.67. The summed E-state index contributed by atoms with van der Waals surface area (Å²) in [5.74, 6) is 0.0343. The van der Waals surface area contributed by atoms with Gasteiger partial charge in [-0.25, -0.2) is 4.98 Å². The highest BCUT2D eigenvalue weighted by Crippen LogP contribution is 2.44. The third kappa shape index (κ3) is 4.49. The molecular formula is C25H22N4O3S2. The average Bonchev–Trinajstić information content (AvgIpc) is 3.61. The molecule has 4 aromatic rings. The molecule has 0 radical (unpaired) electrons. The number of fused-ring (bicyclic) bond motifs is 1. The van der Waals surface area contributed by atoms with Crippen LogP contribution in [0.4, 0.5) is 5.69 Å². The molecule has 0 bridgehead atoms.